The summed E-state index contributed by atoms with van der Waals surface area (Å²) in [5.41, 5.74) is 0.452. The Labute approximate surface area is 98.2 Å². The summed E-state index contributed by atoms with van der Waals surface area (Å²) in [5, 5.41) is 2.80. The van der Waals surface area contributed by atoms with Crippen LogP contribution in [0.2, 0.25) is 5.02 Å². The first-order valence-electron chi connectivity index (χ1n) is 5.24. The van der Waals surface area contributed by atoms with Crippen molar-refractivity contribution in [2.75, 3.05) is 26.2 Å². The van der Waals surface area contributed by atoms with Crippen LogP contribution in [0.25, 0.3) is 0 Å². The third-order valence-corrected chi connectivity index (χ3v) is 3.07. The van der Waals surface area contributed by atoms with Gasteiger partial charge in [-0.05, 0) is 6.07 Å². The van der Waals surface area contributed by atoms with E-state index in [1.807, 2.05) is 0 Å². The normalized spacial score (nSPS) is 17.7. The van der Waals surface area contributed by atoms with Crippen molar-refractivity contribution in [2.45, 2.75) is 6.54 Å². The predicted octanol–water partition coefficient (Wildman–Crippen LogP) is 2.02. The number of piperazine rings is 1. The van der Waals surface area contributed by atoms with Gasteiger partial charge < -0.3 is 5.32 Å². The highest BCUT2D eigenvalue weighted by molar-refractivity contribution is 6.30. The molecular weight excluding hydrogens is 234 g/mol. The Morgan fingerprint density at radius 3 is 2.62 bits per heavy atom. The maximum absolute atomic E-state index is 13.6. The molecule has 1 aromatic rings. The molecule has 2 nitrogen and oxygen atoms in total. The molecule has 0 bridgehead atoms. The largest absolute Gasteiger partial charge is 0.314 e. The molecule has 1 aromatic carbocycles. The molecule has 1 fully saturated rings. The summed E-state index contributed by atoms with van der Waals surface area (Å²) in [7, 11) is 0. The van der Waals surface area contributed by atoms with E-state index < -0.39 is 16.7 Å². The lowest BCUT2D eigenvalue weighted by atomic mass is 10.2. The Kier molecular flexibility index (Phi) is 3.74. The van der Waals surface area contributed by atoms with Gasteiger partial charge in [-0.25, -0.2) is 8.78 Å². The van der Waals surface area contributed by atoms with E-state index in [0.29, 0.717) is 12.1 Å². The molecule has 0 amide bonds. The Morgan fingerprint density at radius 1 is 1.25 bits per heavy atom. The lowest BCUT2D eigenvalue weighted by Gasteiger charge is -2.27. The summed E-state index contributed by atoms with van der Waals surface area (Å²) in [6, 6.07) is 2.67. The topological polar surface area (TPSA) is 15.3 Å². The molecule has 0 radical (unpaired) electrons. The Morgan fingerprint density at radius 2 is 1.94 bits per heavy atom. The van der Waals surface area contributed by atoms with Crippen LogP contribution in [0.15, 0.2) is 12.1 Å². The number of rotatable bonds is 2. The van der Waals surface area contributed by atoms with Crippen molar-refractivity contribution in [1.29, 1.82) is 0 Å². The van der Waals surface area contributed by atoms with Crippen LogP contribution in [0.4, 0.5) is 8.78 Å². The van der Waals surface area contributed by atoms with E-state index in [0.717, 1.165) is 26.2 Å². The molecule has 2 rings (SSSR count). The first-order chi connectivity index (χ1) is 7.68. The van der Waals surface area contributed by atoms with Gasteiger partial charge in [-0.2, -0.15) is 0 Å². The SMILES string of the molecule is Fc1ccc(CN2CCNCC2)c(F)c1Cl. The van der Waals surface area contributed by atoms with Gasteiger partial charge in [-0.1, -0.05) is 17.7 Å². The summed E-state index contributed by atoms with van der Waals surface area (Å²) < 4.78 is 26.5. The van der Waals surface area contributed by atoms with Crippen molar-refractivity contribution >= 4 is 11.6 Å². The average Bonchev–Trinajstić information content (AvgIpc) is 2.31. The van der Waals surface area contributed by atoms with Crippen LogP contribution in [0.1, 0.15) is 5.56 Å². The molecule has 0 unspecified atom stereocenters. The van der Waals surface area contributed by atoms with Crippen LogP contribution in [0.3, 0.4) is 0 Å². The maximum atomic E-state index is 13.6. The third-order valence-electron chi connectivity index (χ3n) is 2.72. The van der Waals surface area contributed by atoms with Crippen LogP contribution in [-0.4, -0.2) is 31.1 Å². The highest BCUT2D eigenvalue weighted by Crippen LogP contribution is 2.22. The fourth-order valence-corrected chi connectivity index (χ4v) is 1.98. The van der Waals surface area contributed by atoms with Crippen molar-refractivity contribution in [3.8, 4) is 0 Å². The molecule has 0 saturated carbocycles. The maximum Gasteiger partial charge on any atom is 0.149 e. The zero-order chi connectivity index (χ0) is 11.5. The van der Waals surface area contributed by atoms with Crippen molar-refractivity contribution in [3.05, 3.63) is 34.4 Å². The summed E-state index contributed by atoms with van der Waals surface area (Å²) in [6.45, 7) is 4.02. The molecule has 1 N–H and O–H groups in total. The molecule has 1 aliphatic heterocycles. The van der Waals surface area contributed by atoms with Gasteiger partial charge in [-0.15, -0.1) is 0 Å². The van der Waals surface area contributed by atoms with E-state index in [1.54, 1.807) is 0 Å². The van der Waals surface area contributed by atoms with Crippen LogP contribution < -0.4 is 5.32 Å². The van der Waals surface area contributed by atoms with Crippen LogP contribution in [0.5, 0.6) is 0 Å². The van der Waals surface area contributed by atoms with Gasteiger partial charge in [0.25, 0.3) is 0 Å². The van der Waals surface area contributed by atoms with Crippen LogP contribution >= 0.6 is 11.6 Å². The molecule has 1 saturated heterocycles. The third kappa shape index (κ3) is 2.51. The Hall–Kier alpha value is -0.710. The highest BCUT2D eigenvalue weighted by Gasteiger charge is 2.15. The minimum atomic E-state index is -0.705. The minimum Gasteiger partial charge on any atom is -0.314 e. The summed E-state index contributed by atoms with van der Waals surface area (Å²) in [6.07, 6.45) is 0. The molecule has 0 spiro atoms. The molecule has 0 aliphatic carbocycles. The quantitative estimate of drug-likeness (QED) is 0.804. The van der Waals surface area contributed by atoms with Gasteiger partial charge in [0.15, 0.2) is 0 Å². The summed E-state index contributed by atoms with van der Waals surface area (Å²) >= 11 is 5.52. The monoisotopic (exact) mass is 246 g/mol. The molecular formula is C11H13ClF2N2. The summed E-state index contributed by atoms with van der Waals surface area (Å²) in [4.78, 5) is 2.11. The van der Waals surface area contributed by atoms with Gasteiger partial charge >= 0.3 is 0 Å². The van der Waals surface area contributed by atoms with E-state index in [-0.39, 0.29) is 0 Å². The highest BCUT2D eigenvalue weighted by atomic mass is 35.5. The van der Waals surface area contributed by atoms with Gasteiger partial charge in [0.1, 0.15) is 16.7 Å². The van der Waals surface area contributed by atoms with Crippen molar-refractivity contribution in [2.24, 2.45) is 0 Å². The first-order valence-corrected chi connectivity index (χ1v) is 5.61. The molecule has 1 aliphatic rings. The number of nitrogens with zero attached hydrogens (tertiary/aromatic N) is 1. The van der Waals surface area contributed by atoms with E-state index in [1.165, 1.54) is 12.1 Å². The smallest absolute Gasteiger partial charge is 0.149 e. The van der Waals surface area contributed by atoms with Gasteiger partial charge in [0.2, 0.25) is 0 Å². The number of hydrogen-bond donors (Lipinski definition) is 1. The second-order valence-electron chi connectivity index (χ2n) is 3.86. The van der Waals surface area contributed by atoms with Gasteiger partial charge in [-0.3, -0.25) is 4.90 Å². The van der Waals surface area contributed by atoms with Crippen molar-refractivity contribution in [3.63, 3.8) is 0 Å². The Balaban J connectivity index is 2.11. The predicted molar refractivity (Wildman–Crippen MR) is 59.5 cm³/mol. The molecule has 16 heavy (non-hydrogen) atoms. The molecule has 0 aromatic heterocycles. The van der Waals surface area contributed by atoms with E-state index >= 15 is 0 Å². The van der Waals surface area contributed by atoms with Gasteiger partial charge in [0.05, 0.1) is 0 Å². The second-order valence-corrected chi connectivity index (χ2v) is 4.24. The number of hydrogen-bond acceptors (Lipinski definition) is 2. The standard InChI is InChI=1S/C11H13ClF2N2/c12-10-9(13)2-1-8(11(10)14)7-16-5-3-15-4-6-16/h1-2,15H,3-7H2. The minimum absolute atomic E-state index is 0.410. The number of nitrogens with one attached hydrogen (secondary N) is 1. The van der Waals surface area contributed by atoms with Gasteiger partial charge in [0, 0.05) is 38.3 Å². The molecule has 1 heterocycles. The van der Waals surface area contributed by atoms with Crippen molar-refractivity contribution < 1.29 is 8.78 Å². The van der Waals surface area contributed by atoms with E-state index in [2.05, 4.69) is 10.2 Å². The fourth-order valence-electron chi connectivity index (χ4n) is 1.80. The zero-order valence-corrected chi connectivity index (χ0v) is 9.53. The first kappa shape index (κ1) is 11.8. The second kappa shape index (κ2) is 5.08. The van der Waals surface area contributed by atoms with E-state index in [9.17, 15) is 8.78 Å². The molecule has 0 atom stereocenters. The summed E-state index contributed by atoms with van der Waals surface area (Å²) in [5.74, 6) is -1.34. The van der Waals surface area contributed by atoms with Crippen LogP contribution in [0, 0.1) is 11.6 Å². The lowest BCUT2D eigenvalue weighted by molar-refractivity contribution is 0.230. The zero-order valence-electron chi connectivity index (χ0n) is 8.77. The average molecular weight is 247 g/mol. The van der Waals surface area contributed by atoms with Crippen LogP contribution in [-0.2, 0) is 6.54 Å². The molecule has 88 valence electrons. The van der Waals surface area contributed by atoms with E-state index in [4.69, 9.17) is 11.6 Å². The number of benzene rings is 1. The fraction of sp³-hybridized carbons (Fsp3) is 0.455. The van der Waals surface area contributed by atoms with Crippen molar-refractivity contribution in [1.82, 2.24) is 10.2 Å². The number of halogens is 3. The Bertz CT molecular complexity index is 378. The lowest BCUT2D eigenvalue weighted by Crippen LogP contribution is -2.43. The molecule has 5 heteroatoms.